The van der Waals surface area contributed by atoms with E-state index in [1.807, 2.05) is 62.4 Å². The van der Waals surface area contributed by atoms with Crippen molar-refractivity contribution < 1.29 is 9.84 Å². The molecule has 0 saturated heterocycles. The molecule has 0 amide bonds. The molecular formula is C18H22ClNO2. The summed E-state index contributed by atoms with van der Waals surface area (Å²) < 4.78 is 5.78. The number of hydrogen-bond donors (Lipinski definition) is 2. The molecule has 2 rings (SSSR count). The molecule has 4 heteroatoms. The SMILES string of the molecule is CC(C)Oc1ccc(Cl)cc1CNC[C@@H](O)c1ccccc1. The van der Waals surface area contributed by atoms with E-state index in [1.54, 1.807) is 0 Å². The lowest BCUT2D eigenvalue weighted by molar-refractivity contribution is 0.174. The second kappa shape index (κ2) is 8.18. The number of rotatable bonds is 7. The van der Waals surface area contributed by atoms with Gasteiger partial charge in [0.15, 0.2) is 0 Å². The van der Waals surface area contributed by atoms with Crippen molar-refractivity contribution in [1.82, 2.24) is 5.32 Å². The molecule has 3 nitrogen and oxygen atoms in total. The normalized spacial score (nSPS) is 12.4. The van der Waals surface area contributed by atoms with Crippen molar-refractivity contribution >= 4 is 11.6 Å². The molecule has 0 radical (unpaired) electrons. The van der Waals surface area contributed by atoms with E-state index in [2.05, 4.69) is 5.32 Å². The van der Waals surface area contributed by atoms with Gasteiger partial charge in [0.05, 0.1) is 12.2 Å². The van der Waals surface area contributed by atoms with Gasteiger partial charge < -0.3 is 15.2 Å². The van der Waals surface area contributed by atoms with Gasteiger partial charge >= 0.3 is 0 Å². The summed E-state index contributed by atoms with van der Waals surface area (Å²) in [5.74, 6) is 0.820. The molecule has 1 atom stereocenters. The number of aliphatic hydroxyl groups is 1. The molecule has 0 heterocycles. The first kappa shape index (κ1) is 16.8. The fourth-order valence-electron chi connectivity index (χ4n) is 2.19. The number of benzene rings is 2. The average molecular weight is 320 g/mol. The molecule has 22 heavy (non-hydrogen) atoms. The van der Waals surface area contributed by atoms with Gasteiger partial charge in [-0.15, -0.1) is 0 Å². The van der Waals surface area contributed by atoms with Crippen LogP contribution in [-0.4, -0.2) is 17.8 Å². The molecule has 0 aliphatic heterocycles. The summed E-state index contributed by atoms with van der Waals surface area (Å²) >= 11 is 6.06. The quantitative estimate of drug-likeness (QED) is 0.812. The van der Waals surface area contributed by atoms with Crippen LogP contribution in [0, 0.1) is 0 Å². The van der Waals surface area contributed by atoms with Gasteiger partial charge in [-0.1, -0.05) is 41.9 Å². The van der Waals surface area contributed by atoms with Gasteiger partial charge in [-0.25, -0.2) is 0 Å². The zero-order valence-electron chi connectivity index (χ0n) is 12.9. The molecule has 0 spiro atoms. The van der Waals surface area contributed by atoms with Gasteiger partial charge in [0.25, 0.3) is 0 Å². The van der Waals surface area contributed by atoms with Gasteiger partial charge in [0.1, 0.15) is 5.75 Å². The summed E-state index contributed by atoms with van der Waals surface area (Å²) in [5.41, 5.74) is 1.89. The Hall–Kier alpha value is -1.55. The number of ether oxygens (including phenoxy) is 1. The standard InChI is InChI=1S/C18H22ClNO2/c1-13(2)22-18-9-8-16(19)10-15(18)11-20-12-17(21)14-6-4-3-5-7-14/h3-10,13,17,20-21H,11-12H2,1-2H3/t17-/m1/s1. The molecule has 2 N–H and O–H groups in total. The van der Waals surface area contributed by atoms with Crippen LogP contribution in [0.3, 0.4) is 0 Å². The Morgan fingerprint density at radius 1 is 1.14 bits per heavy atom. The second-order valence-corrected chi connectivity index (χ2v) is 5.91. The van der Waals surface area contributed by atoms with Crippen LogP contribution in [-0.2, 0) is 6.54 Å². The van der Waals surface area contributed by atoms with Gasteiger partial charge in [-0.05, 0) is 37.6 Å². The van der Waals surface area contributed by atoms with Gasteiger partial charge in [0, 0.05) is 23.7 Å². The van der Waals surface area contributed by atoms with E-state index in [9.17, 15) is 5.11 Å². The zero-order chi connectivity index (χ0) is 15.9. The van der Waals surface area contributed by atoms with Gasteiger partial charge in [-0.2, -0.15) is 0 Å². The monoisotopic (exact) mass is 319 g/mol. The lowest BCUT2D eigenvalue weighted by Crippen LogP contribution is -2.21. The molecule has 0 saturated carbocycles. The van der Waals surface area contributed by atoms with Crippen molar-refractivity contribution in [3.05, 3.63) is 64.7 Å². The number of aliphatic hydroxyl groups excluding tert-OH is 1. The maximum atomic E-state index is 10.1. The maximum absolute atomic E-state index is 10.1. The summed E-state index contributed by atoms with van der Waals surface area (Å²) in [5, 5.41) is 14.1. The first-order valence-corrected chi connectivity index (χ1v) is 7.83. The Bertz CT molecular complexity index is 587. The van der Waals surface area contributed by atoms with Crippen LogP contribution in [0.15, 0.2) is 48.5 Å². The van der Waals surface area contributed by atoms with Crippen LogP contribution >= 0.6 is 11.6 Å². The van der Waals surface area contributed by atoms with Crippen molar-refractivity contribution in [1.29, 1.82) is 0 Å². The minimum absolute atomic E-state index is 0.106. The molecule has 0 unspecified atom stereocenters. The minimum atomic E-state index is -0.533. The van der Waals surface area contributed by atoms with E-state index in [0.717, 1.165) is 16.9 Å². The molecule has 0 fully saturated rings. The molecule has 0 aromatic heterocycles. The molecule has 2 aromatic carbocycles. The Kier molecular flexibility index (Phi) is 6.25. The topological polar surface area (TPSA) is 41.5 Å². The van der Waals surface area contributed by atoms with Crippen molar-refractivity contribution in [2.75, 3.05) is 6.54 Å². The summed E-state index contributed by atoms with van der Waals surface area (Å²) in [7, 11) is 0. The summed E-state index contributed by atoms with van der Waals surface area (Å²) in [6, 6.07) is 15.2. The maximum Gasteiger partial charge on any atom is 0.124 e. The van der Waals surface area contributed by atoms with Crippen molar-refractivity contribution in [2.45, 2.75) is 32.6 Å². The zero-order valence-corrected chi connectivity index (χ0v) is 13.7. The second-order valence-electron chi connectivity index (χ2n) is 5.48. The van der Waals surface area contributed by atoms with E-state index in [-0.39, 0.29) is 6.10 Å². The van der Waals surface area contributed by atoms with Crippen LogP contribution in [0.1, 0.15) is 31.1 Å². The van der Waals surface area contributed by atoms with E-state index < -0.39 is 6.10 Å². The van der Waals surface area contributed by atoms with Gasteiger partial charge in [0.2, 0.25) is 0 Å². The lowest BCUT2D eigenvalue weighted by atomic mass is 10.1. The highest BCUT2D eigenvalue weighted by Crippen LogP contribution is 2.24. The minimum Gasteiger partial charge on any atom is -0.491 e. The first-order valence-electron chi connectivity index (χ1n) is 7.45. The number of nitrogens with one attached hydrogen (secondary N) is 1. The largest absolute Gasteiger partial charge is 0.491 e. The highest BCUT2D eigenvalue weighted by atomic mass is 35.5. The third kappa shape index (κ3) is 5.02. The Morgan fingerprint density at radius 2 is 1.86 bits per heavy atom. The molecule has 0 aliphatic carbocycles. The molecule has 0 bridgehead atoms. The predicted molar refractivity (Wildman–Crippen MR) is 90.3 cm³/mol. The van der Waals surface area contributed by atoms with E-state index in [0.29, 0.717) is 18.1 Å². The summed E-state index contributed by atoms with van der Waals surface area (Å²) in [6.07, 6.45) is -0.426. The Labute approximate surface area is 136 Å². The molecule has 118 valence electrons. The molecular weight excluding hydrogens is 298 g/mol. The third-order valence-corrected chi connectivity index (χ3v) is 3.46. The van der Waals surface area contributed by atoms with E-state index >= 15 is 0 Å². The van der Waals surface area contributed by atoms with Crippen LogP contribution in [0.25, 0.3) is 0 Å². The van der Waals surface area contributed by atoms with E-state index in [1.165, 1.54) is 0 Å². The van der Waals surface area contributed by atoms with Crippen molar-refractivity contribution in [3.63, 3.8) is 0 Å². The predicted octanol–water partition coefficient (Wildman–Crippen LogP) is 3.95. The smallest absolute Gasteiger partial charge is 0.124 e. The fraction of sp³-hybridized carbons (Fsp3) is 0.333. The first-order chi connectivity index (χ1) is 10.6. The number of hydrogen-bond acceptors (Lipinski definition) is 3. The van der Waals surface area contributed by atoms with Crippen LogP contribution in [0.2, 0.25) is 5.02 Å². The van der Waals surface area contributed by atoms with Crippen LogP contribution < -0.4 is 10.1 Å². The number of halogens is 1. The Balaban J connectivity index is 1.95. The summed E-state index contributed by atoms with van der Waals surface area (Å²) in [4.78, 5) is 0. The highest BCUT2D eigenvalue weighted by Gasteiger charge is 2.09. The van der Waals surface area contributed by atoms with Gasteiger partial charge in [-0.3, -0.25) is 0 Å². The van der Waals surface area contributed by atoms with Crippen LogP contribution in [0.5, 0.6) is 5.75 Å². The Morgan fingerprint density at radius 3 is 2.55 bits per heavy atom. The molecule has 2 aromatic rings. The lowest BCUT2D eigenvalue weighted by Gasteiger charge is -2.16. The van der Waals surface area contributed by atoms with Crippen molar-refractivity contribution in [3.8, 4) is 5.75 Å². The fourth-order valence-corrected chi connectivity index (χ4v) is 2.39. The highest BCUT2D eigenvalue weighted by molar-refractivity contribution is 6.30. The van der Waals surface area contributed by atoms with Crippen LogP contribution in [0.4, 0.5) is 0 Å². The molecule has 0 aliphatic rings. The average Bonchev–Trinajstić information content (AvgIpc) is 2.50. The summed E-state index contributed by atoms with van der Waals surface area (Å²) in [6.45, 7) is 5.04. The van der Waals surface area contributed by atoms with E-state index in [4.69, 9.17) is 16.3 Å². The third-order valence-electron chi connectivity index (χ3n) is 3.22. The van der Waals surface area contributed by atoms with Crippen molar-refractivity contribution in [2.24, 2.45) is 0 Å².